The van der Waals surface area contributed by atoms with Gasteiger partial charge in [0.2, 0.25) is 0 Å². The van der Waals surface area contributed by atoms with Crippen molar-refractivity contribution in [1.29, 1.82) is 0 Å². The highest BCUT2D eigenvalue weighted by Gasteiger charge is 2.20. The summed E-state index contributed by atoms with van der Waals surface area (Å²) in [5, 5.41) is 16.6. The van der Waals surface area contributed by atoms with Crippen LogP contribution in [0.3, 0.4) is 0 Å². The molecule has 1 aliphatic rings. The Balaban J connectivity index is 2.17. The summed E-state index contributed by atoms with van der Waals surface area (Å²) in [4.78, 5) is 14.2. The van der Waals surface area contributed by atoms with Gasteiger partial charge in [0, 0.05) is 13.1 Å². The molecule has 0 aromatic carbocycles. The molecule has 21 heavy (non-hydrogen) atoms. The van der Waals surface area contributed by atoms with Gasteiger partial charge < -0.3 is 15.3 Å². The number of nitrogens with one attached hydrogen (secondary N) is 1. The lowest BCUT2D eigenvalue weighted by Crippen LogP contribution is -2.39. The van der Waals surface area contributed by atoms with Gasteiger partial charge in [0.15, 0.2) is 0 Å². The highest BCUT2D eigenvalue weighted by atomic mass is 35.5. The normalized spacial score (nSPS) is 18.7. The van der Waals surface area contributed by atoms with E-state index in [-0.39, 0.29) is 23.7 Å². The molecule has 6 nitrogen and oxygen atoms in total. The van der Waals surface area contributed by atoms with Crippen molar-refractivity contribution in [2.75, 3.05) is 37.7 Å². The van der Waals surface area contributed by atoms with Crippen LogP contribution in [0.1, 0.15) is 19.8 Å². The van der Waals surface area contributed by atoms with Gasteiger partial charge in [-0.05, 0) is 38.8 Å². The standard InChI is InChI=1S/C14H23ClN4O2/c1-2-18(10-11-4-3-5-16-8-11)12-9-17-19(6-7-20)14(21)13(12)15/h9,11,16,20H,2-8,10H2,1H3. The number of aliphatic hydroxyl groups excluding tert-OH is 1. The number of anilines is 1. The van der Waals surface area contributed by atoms with Crippen molar-refractivity contribution in [3.63, 3.8) is 0 Å². The molecule has 1 aromatic heterocycles. The minimum atomic E-state index is -0.344. The van der Waals surface area contributed by atoms with Crippen molar-refractivity contribution in [2.45, 2.75) is 26.3 Å². The fourth-order valence-electron chi connectivity index (χ4n) is 2.72. The predicted molar refractivity (Wildman–Crippen MR) is 84.1 cm³/mol. The van der Waals surface area contributed by atoms with Gasteiger partial charge in [0.05, 0.1) is 25.0 Å². The lowest BCUT2D eigenvalue weighted by Gasteiger charge is -2.31. The summed E-state index contributed by atoms with van der Waals surface area (Å²) in [6.45, 7) is 5.82. The van der Waals surface area contributed by atoms with Crippen LogP contribution < -0.4 is 15.8 Å². The van der Waals surface area contributed by atoms with Crippen LogP contribution in [0.2, 0.25) is 5.02 Å². The van der Waals surface area contributed by atoms with E-state index in [4.69, 9.17) is 16.7 Å². The van der Waals surface area contributed by atoms with Crippen molar-refractivity contribution in [3.8, 4) is 0 Å². The van der Waals surface area contributed by atoms with Crippen molar-refractivity contribution in [3.05, 3.63) is 21.6 Å². The minimum absolute atomic E-state index is 0.131. The summed E-state index contributed by atoms with van der Waals surface area (Å²) in [5.41, 5.74) is 0.340. The molecular weight excluding hydrogens is 292 g/mol. The molecule has 1 unspecified atom stereocenters. The second kappa shape index (κ2) is 7.77. The van der Waals surface area contributed by atoms with Gasteiger partial charge in [-0.15, -0.1) is 0 Å². The number of hydrogen-bond donors (Lipinski definition) is 2. The van der Waals surface area contributed by atoms with Crippen LogP contribution in [0.15, 0.2) is 11.0 Å². The Kier molecular flexibility index (Phi) is 6.02. The summed E-state index contributed by atoms with van der Waals surface area (Å²) in [6, 6.07) is 0. The number of halogens is 1. The maximum atomic E-state index is 12.1. The summed E-state index contributed by atoms with van der Waals surface area (Å²) >= 11 is 6.21. The van der Waals surface area contributed by atoms with Crippen LogP contribution in [0, 0.1) is 5.92 Å². The Morgan fingerprint density at radius 3 is 3.05 bits per heavy atom. The smallest absolute Gasteiger partial charge is 0.287 e. The highest BCUT2D eigenvalue weighted by molar-refractivity contribution is 6.33. The summed E-state index contributed by atoms with van der Waals surface area (Å²) < 4.78 is 1.20. The lowest BCUT2D eigenvalue weighted by atomic mass is 9.99. The number of hydrogen-bond acceptors (Lipinski definition) is 5. The first kappa shape index (κ1) is 16.3. The highest BCUT2D eigenvalue weighted by Crippen LogP contribution is 2.23. The average Bonchev–Trinajstić information content (AvgIpc) is 2.51. The van der Waals surface area contributed by atoms with E-state index < -0.39 is 0 Å². The first-order valence-corrected chi connectivity index (χ1v) is 7.87. The molecule has 2 heterocycles. The Morgan fingerprint density at radius 1 is 1.62 bits per heavy atom. The largest absolute Gasteiger partial charge is 0.394 e. The van der Waals surface area contributed by atoms with Gasteiger partial charge >= 0.3 is 0 Å². The van der Waals surface area contributed by atoms with Gasteiger partial charge in [-0.25, -0.2) is 4.68 Å². The topological polar surface area (TPSA) is 70.4 Å². The number of rotatable bonds is 6. The number of aromatic nitrogens is 2. The molecule has 0 bridgehead atoms. The maximum absolute atomic E-state index is 12.1. The summed E-state index contributed by atoms with van der Waals surface area (Å²) in [6.07, 6.45) is 4.00. The van der Waals surface area contributed by atoms with Crippen LogP contribution in [0.25, 0.3) is 0 Å². The zero-order chi connectivity index (χ0) is 15.2. The van der Waals surface area contributed by atoms with Gasteiger partial charge in [0.25, 0.3) is 5.56 Å². The third-order valence-electron chi connectivity index (χ3n) is 3.88. The lowest BCUT2D eigenvalue weighted by molar-refractivity contribution is 0.266. The molecule has 1 atom stereocenters. The molecule has 0 spiro atoms. The molecule has 2 N–H and O–H groups in total. The van der Waals surface area contributed by atoms with E-state index in [1.54, 1.807) is 6.20 Å². The quantitative estimate of drug-likeness (QED) is 0.809. The van der Waals surface area contributed by atoms with Gasteiger partial charge in [-0.2, -0.15) is 5.10 Å². The van der Waals surface area contributed by atoms with E-state index in [9.17, 15) is 4.79 Å². The molecule has 0 aliphatic carbocycles. The zero-order valence-corrected chi connectivity index (χ0v) is 13.1. The SMILES string of the molecule is CCN(CC1CCCNC1)c1cnn(CCO)c(=O)c1Cl. The molecule has 1 fully saturated rings. The zero-order valence-electron chi connectivity index (χ0n) is 12.4. The third kappa shape index (κ3) is 3.96. The fraction of sp³-hybridized carbons (Fsp3) is 0.714. The Bertz CT molecular complexity index is 514. The van der Waals surface area contributed by atoms with Gasteiger partial charge in [0.1, 0.15) is 5.02 Å². The van der Waals surface area contributed by atoms with E-state index in [0.717, 1.165) is 26.2 Å². The molecule has 0 saturated carbocycles. The number of nitrogens with zero attached hydrogens (tertiary/aromatic N) is 3. The number of piperidine rings is 1. The van der Waals surface area contributed by atoms with E-state index in [1.165, 1.54) is 17.5 Å². The average molecular weight is 315 g/mol. The monoisotopic (exact) mass is 314 g/mol. The molecule has 0 radical (unpaired) electrons. The predicted octanol–water partition coefficient (Wildman–Crippen LogP) is 0.715. The Hall–Kier alpha value is -1.11. The second-order valence-corrected chi connectivity index (χ2v) is 5.72. The van der Waals surface area contributed by atoms with Gasteiger partial charge in [-0.1, -0.05) is 11.6 Å². The van der Waals surface area contributed by atoms with E-state index >= 15 is 0 Å². The second-order valence-electron chi connectivity index (χ2n) is 5.35. The molecule has 0 amide bonds. The van der Waals surface area contributed by atoms with Crippen molar-refractivity contribution >= 4 is 17.3 Å². The third-order valence-corrected chi connectivity index (χ3v) is 4.23. The molecule has 1 aliphatic heterocycles. The molecule has 1 saturated heterocycles. The van der Waals surface area contributed by atoms with Crippen LogP contribution in [0.5, 0.6) is 0 Å². The molecule has 2 rings (SSSR count). The Labute approximate surface area is 129 Å². The first-order chi connectivity index (χ1) is 10.2. The molecule has 1 aromatic rings. The van der Waals surface area contributed by atoms with Crippen LogP contribution in [-0.4, -0.2) is 47.7 Å². The van der Waals surface area contributed by atoms with Gasteiger partial charge in [-0.3, -0.25) is 4.79 Å². The van der Waals surface area contributed by atoms with Crippen molar-refractivity contribution in [2.24, 2.45) is 5.92 Å². The van der Waals surface area contributed by atoms with Crippen LogP contribution in [-0.2, 0) is 6.54 Å². The molecule has 7 heteroatoms. The molecule has 118 valence electrons. The summed E-state index contributed by atoms with van der Waals surface area (Å²) in [7, 11) is 0. The van der Waals surface area contributed by atoms with Crippen molar-refractivity contribution < 1.29 is 5.11 Å². The number of aliphatic hydroxyl groups is 1. The summed E-state index contributed by atoms with van der Waals surface area (Å²) in [5.74, 6) is 0.564. The maximum Gasteiger partial charge on any atom is 0.287 e. The van der Waals surface area contributed by atoms with Crippen LogP contribution >= 0.6 is 11.6 Å². The van der Waals surface area contributed by atoms with E-state index in [1.807, 2.05) is 6.92 Å². The Morgan fingerprint density at radius 2 is 2.43 bits per heavy atom. The minimum Gasteiger partial charge on any atom is -0.394 e. The van der Waals surface area contributed by atoms with Crippen molar-refractivity contribution in [1.82, 2.24) is 15.1 Å². The first-order valence-electron chi connectivity index (χ1n) is 7.49. The van der Waals surface area contributed by atoms with Crippen LogP contribution in [0.4, 0.5) is 5.69 Å². The van der Waals surface area contributed by atoms with E-state index in [2.05, 4.69) is 15.3 Å². The molecular formula is C14H23ClN4O2. The fourth-order valence-corrected chi connectivity index (χ4v) is 2.99. The van der Waals surface area contributed by atoms with E-state index in [0.29, 0.717) is 11.6 Å².